The number of amides is 1. The molecule has 1 aliphatic rings. The molecule has 31 heavy (non-hydrogen) atoms. The Balaban J connectivity index is 1.40. The second-order valence-corrected chi connectivity index (χ2v) is 9.79. The molecule has 1 aliphatic carbocycles. The SMILES string of the molecule is C[C@H](NC(=O)COc1ccc2c3c(c(=O)oc2c1)CCC3)c1ccc(S(C)(=O)=O)cc1. The minimum Gasteiger partial charge on any atom is -0.484 e. The zero-order valence-electron chi connectivity index (χ0n) is 17.3. The fraction of sp³-hybridized carbons (Fsp3) is 0.304. The summed E-state index contributed by atoms with van der Waals surface area (Å²) >= 11 is 0. The summed E-state index contributed by atoms with van der Waals surface area (Å²) in [5.74, 6) is 0.115. The molecule has 7 nitrogen and oxygen atoms in total. The zero-order valence-corrected chi connectivity index (χ0v) is 18.1. The summed E-state index contributed by atoms with van der Waals surface area (Å²) in [5, 5.41) is 3.73. The molecule has 2 aromatic carbocycles. The summed E-state index contributed by atoms with van der Waals surface area (Å²) in [4.78, 5) is 24.6. The number of carbonyl (C=O) groups is 1. The van der Waals surface area contributed by atoms with Crippen molar-refractivity contribution in [3.63, 3.8) is 0 Å². The minimum absolute atomic E-state index is 0.202. The summed E-state index contributed by atoms with van der Waals surface area (Å²) < 4.78 is 34.1. The molecule has 0 aliphatic heterocycles. The van der Waals surface area contributed by atoms with Gasteiger partial charge in [0.2, 0.25) is 0 Å². The van der Waals surface area contributed by atoms with Gasteiger partial charge >= 0.3 is 5.63 Å². The highest BCUT2D eigenvalue weighted by Crippen LogP contribution is 2.29. The van der Waals surface area contributed by atoms with E-state index in [0.29, 0.717) is 11.3 Å². The van der Waals surface area contributed by atoms with Gasteiger partial charge in [0.15, 0.2) is 16.4 Å². The van der Waals surface area contributed by atoms with Crippen LogP contribution in [0.15, 0.2) is 56.6 Å². The lowest BCUT2D eigenvalue weighted by Gasteiger charge is -2.15. The molecule has 0 saturated carbocycles. The molecule has 1 atom stereocenters. The lowest BCUT2D eigenvalue weighted by molar-refractivity contribution is -0.123. The second kappa shape index (κ2) is 8.19. The van der Waals surface area contributed by atoms with Crippen LogP contribution in [0.4, 0.5) is 0 Å². The van der Waals surface area contributed by atoms with E-state index in [0.717, 1.165) is 47.6 Å². The molecule has 1 heterocycles. The van der Waals surface area contributed by atoms with Crippen LogP contribution in [0.1, 0.15) is 36.1 Å². The van der Waals surface area contributed by atoms with Crippen molar-refractivity contribution < 1.29 is 22.4 Å². The van der Waals surface area contributed by atoms with Crippen molar-refractivity contribution in [3.05, 3.63) is 69.6 Å². The molecule has 0 spiro atoms. The molecule has 162 valence electrons. The number of benzene rings is 2. The lowest BCUT2D eigenvalue weighted by Crippen LogP contribution is -2.31. The summed E-state index contributed by atoms with van der Waals surface area (Å²) in [6.45, 7) is 1.60. The highest BCUT2D eigenvalue weighted by atomic mass is 32.2. The van der Waals surface area contributed by atoms with Gasteiger partial charge in [0.25, 0.3) is 5.91 Å². The first-order chi connectivity index (χ1) is 14.7. The molecule has 1 aromatic heterocycles. The van der Waals surface area contributed by atoms with E-state index in [9.17, 15) is 18.0 Å². The van der Waals surface area contributed by atoms with Crippen LogP contribution in [0, 0.1) is 0 Å². The largest absolute Gasteiger partial charge is 0.484 e. The second-order valence-electron chi connectivity index (χ2n) is 7.78. The van der Waals surface area contributed by atoms with Crippen LogP contribution >= 0.6 is 0 Å². The average Bonchev–Trinajstić information content (AvgIpc) is 3.22. The highest BCUT2D eigenvalue weighted by Gasteiger charge is 2.20. The third kappa shape index (κ3) is 4.49. The molecule has 0 radical (unpaired) electrons. The van der Waals surface area contributed by atoms with Crippen molar-refractivity contribution in [1.29, 1.82) is 0 Å². The van der Waals surface area contributed by atoms with Crippen molar-refractivity contribution >= 4 is 26.7 Å². The van der Waals surface area contributed by atoms with Crippen LogP contribution in [0.2, 0.25) is 0 Å². The van der Waals surface area contributed by atoms with Gasteiger partial charge in [-0.2, -0.15) is 0 Å². The first kappa shape index (κ1) is 21.1. The van der Waals surface area contributed by atoms with Crippen LogP contribution < -0.4 is 15.7 Å². The predicted octanol–water partition coefficient (Wildman–Crippen LogP) is 2.94. The highest BCUT2D eigenvalue weighted by molar-refractivity contribution is 7.90. The smallest absolute Gasteiger partial charge is 0.339 e. The summed E-state index contributed by atoms with van der Waals surface area (Å²) in [6, 6.07) is 11.3. The first-order valence-electron chi connectivity index (χ1n) is 10.0. The number of carbonyl (C=O) groups excluding carboxylic acids is 1. The standard InChI is InChI=1S/C23H23NO6S/c1-14(15-6-9-17(10-7-15)31(2,27)28)24-22(25)13-29-16-8-11-19-18-4-3-5-20(18)23(26)30-21(19)12-16/h6-12,14H,3-5,13H2,1-2H3,(H,24,25)/t14-/m0/s1. The van der Waals surface area contributed by atoms with Crippen LogP contribution in [0.5, 0.6) is 5.75 Å². The number of aryl methyl sites for hydroxylation is 1. The molecule has 3 aromatic rings. The van der Waals surface area contributed by atoms with E-state index in [1.165, 1.54) is 12.1 Å². The van der Waals surface area contributed by atoms with Crippen molar-refractivity contribution in [1.82, 2.24) is 5.32 Å². The molecule has 0 fully saturated rings. The molecule has 1 amide bonds. The Labute approximate surface area is 180 Å². The lowest BCUT2D eigenvalue weighted by atomic mass is 10.1. The van der Waals surface area contributed by atoms with Gasteiger partial charge in [0, 0.05) is 23.3 Å². The number of nitrogens with one attached hydrogen (secondary N) is 1. The molecule has 0 bridgehead atoms. The third-order valence-corrected chi connectivity index (χ3v) is 6.63. The van der Waals surface area contributed by atoms with E-state index in [-0.39, 0.29) is 29.1 Å². The van der Waals surface area contributed by atoms with Crippen LogP contribution in [0.25, 0.3) is 11.0 Å². The Morgan fingerprint density at radius 1 is 1.13 bits per heavy atom. The van der Waals surface area contributed by atoms with E-state index in [1.807, 2.05) is 6.07 Å². The van der Waals surface area contributed by atoms with Gasteiger partial charge in [-0.1, -0.05) is 12.1 Å². The number of hydrogen-bond donors (Lipinski definition) is 1. The summed E-state index contributed by atoms with van der Waals surface area (Å²) in [6.07, 6.45) is 3.72. The molecular formula is C23H23NO6S. The molecule has 8 heteroatoms. The Hall–Kier alpha value is -3.13. The van der Waals surface area contributed by atoms with Gasteiger partial charge in [-0.05, 0) is 61.6 Å². The average molecular weight is 442 g/mol. The van der Waals surface area contributed by atoms with Crippen LogP contribution in [-0.4, -0.2) is 27.2 Å². The number of ether oxygens (including phenoxy) is 1. The van der Waals surface area contributed by atoms with Crippen LogP contribution in [-0.2, 0) is 27.5 Å². The van der Waals surface area contributed by atoms with E-state index in [4.69, 9.17) is 9.15 Å². The fourth-order valence-corrected chi connectivity index (χ4v) is 4.50. The van der Waals surface area contributed by atoms with Crippen molar-refractivity contribution in [3.8, 4) is 5.75 Å². The maximum Gasteiger partial charge on any atom is 0.339 e. The van der Waals surface area contributed by atoms with Gasteiger partial charge in [-0.25, -0.2) is 13.2 Å². The Morgan fingerprint density at radius 3 is 2.55 bits per heavy atom. The topological polar surface area (TPSA) is 103 Å². The predicted molar refractivity (Wildman–Crippen MR) is 116 cm³/mol. The van der Waals surface area contributed by atoms with Gasteiger partial charge < -0.3 is 14.5 Å². The van der Waals surface area contributed by atoms with Crippen LogP contribution in [0.3, 0.4) is 0 Å². The maximum absolute atomic E-state index is 12.3. The van der Waals surface area contributed by atoms with Crippen molar-refractivity contribution in [2.75, 3.05) is 12.9 Å². The maximum atomic E-state index is 12.3. The fourth-order valence-electron chi connectivity index (χ4n) is 3.87. The minimum atomic E-state index is -3.26. The first-order valence-corrected chi connectivity index (χ1v) is 11.9. The van der Waals surface area contributed by atoms with E-state index in [1.54, 1.807) is 31.2 Å². The molecule has 1 N–H and O–H groups in total. The summed E-state index contributed by atoms with van der Waals surface area (Å²) in [7, 11) is -3.26. The van der Waals surface area contributed by atoms with E-state index >= 15 is 0 Å². The summed E-state index contributed by atoms with van der Waals surface area (Å²) in [5.41, 5.74) is 2.75. The number of hydrogen-bond acceptors (Lipinski definition) is 6. The van der Waals surface area contributed by atoms with Gasteiger partial charge in [0.05, 0.1) is 10.9 Å². The molecule has 4 rings (SSSR count). The molecule has 0 saturated heterocycles. The van der Waals surface area contributed by atoms with Gasteiger partial charge in [-0.15, -0.1) is 0 Å². The zero-order chi connectivity index (χ0) is 22.2. The number of rotatable bonds is 6. The van der Waals surface area contributed by atoms with E-state index in [2.05, 4.69) is 5.32 Å². The quantitative estimate of drug-likeness (QED) is 0.590. The van der Waals surface area contributed by atoms with Crippen molar-refractivity contribution in [2.24, 2.45) is 0 Å². The van der Waals surface area contributed by atoms with Gasteiger partial charge in [-0.3, -0.25) is 4.79 Å². The molecule has 0 unspecified atom stereocenters. The third-order valence-electron chi connectivity index (χ3n) is 5.50. The number of fused-ring (bicyclic) bond motifs is 3. The van der Waals surface area contributed by atoms with E-state index < -0.39 is 9.84 Å². The Bertz CT molecular complexity index is 1310. The Kier molecular flexibility index (Phi) is 5.58. The number of sulfone groups is 1. The Morgan fingerprint density at radius 2 is 1.84 bits per heavy atom. The monoisotopic (exact) mass is 441 g/mol. The molecular weight excluding hydrogens is 418 g/mol. The normalized spacial score (nSPS) is 14.3. The van der Waals surface area contributed by atoms with Gasteiger partial charge in [0.1, 0.15) is 11.3 Å². The van der Waals surface area contributed by atoms with Crippen molar-refractivity contribution in [2.45, 2.75) is 37.1 Å².